The van der Waals surface area contributed by atoms with Gasteiger partial charge in [-0.1, -0.05) is 18.2 Å². The van der Waals surface area contributed by atoms with Gasteiger partial charge in [0.25, 0.3) is 6.43 Å². The third-order valence-corrected chi connectivity index (χ3v) is 2.24. The number of rotatable bonds is 3. The van der Waals surface area contributed by atoms with Gasteiger partial charge in [-0.3, -0.25) is 4.79 Å². The van der Waals surface area contributed by atoms with Crippen molar-refractivity contribution in [2.24, 2.45) is 0 Å². The molecule has 0 N–H and O–H groups in total. The molecule has 1 rings (SSSR count). The van der Waals surface area contributed by atoms with Crippen molar-refractivity contribution in [1.82, 2.24) is 0 Å². The van der Waals surface area contributed by atoms with Gasteiger partial charge in [0.2, 0.25) is 5.78 Å². The fraction of sp³-hybridized carbons (Fsp3) is 0.364. The second-order valence-electron chi connectivity index (χ2n) is 3.31. The highest BCUT2D eigenvalue weighted by atomic mass is 19.3. The first-order valence-corrected chi connectivity index (χ1v) is 4.38. The molecule has 1 aromatic rings. The van der Waals surface area contributed by atoms with Crippen molar-refractivity contribution >= 4 is 5.78 Å². The summed E-state index contributed by atoms with van der Waals surface area (Å²) in [6.07, 6.45) is -3.04. The van der Waals surface area contributed by atoms with E-state index in [-0.39, 0.29) is 6.42 Å². The average Bonchev–Trinajstić information content (AvgIpc) is 2.11. The zero-order valence-corrected chi connectivity index (χ0v) is 8.18. The van der Waals surface area contributed by atoms with Crippen LogP contribution in [0.2, 0.25) is 0 Å². The highest BCUT2D eigenvalue weighted by molar-refractivity contribution is 5.84. The van der Waals surface area contributed by atoms with Gasteiger partial charge in [0.15, 0.2) is 0 Å². The third kappa shape index (κ3) is 2.37. The molecule has 0 aliphatic carbocycles. The van der Waals surface area contributed by atoms with E-state index in [9.17, 15) is 13.6 Å². The number of hydrogen-bond acceptors (Lipinski definition) is 1. The summed E-state index contributed by atoms with van der Waals surface area (Å²) in [6, 6.07) is 5.49. The Balaban J connectivity index is 2.91. The molecule has 0 aliphatic heterocycles. The van der Waals surface area contributed by atoms with Crippen molar-refractivity contribution in [2.75, 3.05) is 0 Å². The van der Waals surface area contributed by atoms with Crippen molar-refractivity contribution in [3.05, 3.63) is 34.9 Å². The Morgan fingerprint density at radius 1 is 1.29 bits per heavy atom. The predicted octanol–water partition coefficient (Wildman–Crippen LogP) is 2.68. The molecule has 0 aliphatic rings. The van der Waals surface area contributed by atoms with Crippen LogP contribution in [0.25, 0.3) is 0 Å². The second kappa shape index (κ2) is 4.31. The quantitative estimate of drug-likeness (QED) is 0.729. The summed E-state index contributed by atoms with van der Waals surface area (Å²) in [5.74, 6) is -1.01. The maximum absolute atomic E-state index is 12.0. The Bertz CT molecular complexity index is 325. The van der Waals surface area contributed by atoms with Crippen LogP contribution in [-0.4, -0.2) is 12.2 Å². The molecule has 1 nitrogen and oxygen atoms in total. The molecule has 0 spiro atoms. The van der Waals surface area contributed by atoms with Gasteiger partial charge >= 0.3 is 0 Å². The van der Waals surface area contributed by atoms with E-state index in [1.165, 1.54) is 0 Å². The van der Waals surface area contributed by atoms with Gasteiger partial charge in [-0.15, -0.1) is 0 Å². The number of ketones is 1. The predicted molar refractivity (Wildman–Crippen MR) is 50.6 cm³/mol. The number of aryl methyl sites for hydroxylation is 2. The molecule has 14 heavy (non-hydrogen) atoms. The standard InChI is InChI=1S/C11H12F2O/c1-7-4-3-5-8(2)9(7)6-10(14)11(12)13/h3-5,11H,6H2,1-2H3. The van der Waals surface area contributed by atoms with Crippen molar-refractivity contribution in [1.29, 1.82) is 0 Å². The first-order chi connectivity index (χ1) is 6.52. The largest absolute Gasteiger partial charge is 0.296 e. The summed E-state index contributed by atoms with van der Waals surface area (Å²) in [4.78, 5) is 10.9. The lowest BCUT2D eigenvalue weighted by Gasteiger charge is -2.08. The molecule has 76 valence electrons. The van der Waals surface area contributed by atoms with Crippen LogP contribution in [0.1, 0.15) is 16.7 Å². The fourth-order valence-corrected chi connectivity index (χ4v) is 1.38. The van der Waals surface area contributed by atoms with Gasteiger partial charge < -0.3 is 0 Å². The molecule has 0 amide bonds. The van der Waals surface area contributed by atoms with Crippen LogP contribution >= 0.6 is 0 Å². The maximum Gasteiger partial charge on any atom is 0.296 e. The van der Waals surface area contributed by atoms with Gasteiger partial charge in [-0.2, -0.15) is 0 Å². The molecule has 0 unspecified atom stereocenters. The van der Waals surface area contributed by atoms with E-state index in [1.54, 1.807) is 0 Å². The smallest absolute Gasteiger partial charge is 0.293 e. The lowest BCUT2D eigenvalue weighted by atomic mass is 9.98. The normalized spacial score (nSPS) is 10.6. The van der Waals surface area contributed by atoms with E-state index < -0.39 is 12.2 Å². The van der Waals surface area contributed by atoms with Crippen LogP contribution in [0.15, 0.2) is 18.2 Å². The summed E-state index contributed by atoms with van der Waals surface area (Å²) < 4.78 is 24.1. The van der Waals surface area contributed by atoms with E-state index in [1.807, 2.05) is 32.0 Å². The molecule has 0 aromatic heterocycles. The highest BCUT2D eigenvalue weighted by Gasteiger charge is 2.17. The monoisotopic (exact) mass is 198 g/mol. The zero-order chi connectivity index (χ0) is 10.7. The van der Waals surface area contributed by atoms with E-state index in [4.69, 9.17) is 0 Å². The number of Topliss-reactive ketones (excluding diaryl/α,β-unsaturated/α-hetero) is 1. The number of carbonyl (C=O) groups is 1. The molecular weight excluding hydrogens is 186 g/mol. The van der Waals surface area contributed by atoms with Gasteiger partial charge in [0.1, 0.15) is 0 Å². The zero-order valence-electron chi connectivity index (χ0n) is 8.18. The van der Waals surface area contributed by atoms with Crippen molar-refractivity contribution in [2.45, 2.75) is 26.7 Å². The van der Waals surface area contributed by atoms with Gasteiger partial charge in [-0.25, -0.2) is 8.78 Å². The van der Waals surface area contributed by atoms with Gasteiger partial charge in [-0.05, 0) is 30.5 Å². The SMILES string of the molecule is Cc1cccc(C)c1CC(=O)C(F)F. The summed E-state index contributed by atoms with van der Waals surface area (Å²) >= 11 is 0. The van der Waals surface area contributed by atoms with Crippen LogP contribution in [0.3, 0.4) is 0 Å². The Morgan fingerprint density at radius 3 is 2.21 bits per heavy atom. The molecule has 0 bridgehead atoms. The van der Waals surface area contributed by atoms with Crippen molar-refractivity contribution < 1.29 is 13.6 Å². The Kier molecular flexibility index (Phi) is 3.33. The number of benzene rings is 1. The van der Waals surface area contributed by atoms with Crippen LogP contribution in [-0.2, 0) is 11.2 Å². The number of carbonyl (C=O) groups excluding carboxylic acids is 1. The van der Waals surface area contributed by atoms with Crippen LogP contribution in [0.5, 0.6) is 0 Å². The molecule has 0 atom stereocenters. The van der Waals surface area contributed by atoms with Crippen LogP contribution in [0.4, 0.5) is 8.78 Å². The summed E-state index contributed by atoms with van der Waals surface area (Å²) in [7, 11) is 0. The van der Waals surface area contributed by atoms with E-state index in [2.05, 4.69) is 0 Å². The van der Waals surface area contributed by atoms with Crippen molar-refractivity contribution in [3.8, 4) is 0 Å². The Morgan fingerprint density at radius 2 is 1.79 bits per heavy atom. The molecule has 0 heterocycles. The molecule has 3 heteroatoms. The van der Waals surface area contributed by atoms with Gasteiger partial charge in [0.05, 0.1) is 0 Å². The van der Waals surface area contributed by atoms with Crippen molar-refractivity contribution in [3.63, 3.8) is 0 Å². The topological polar surface area (TPSA) is 17.1 Å². The lowest BCUT2D eigenvalue weighted by molar-refractivity contribution is -0.128. The summed E-state index contributed by atoms with van der Waals surface area (Å²) in [5, 5.41) is 0. The Labute approximate surface area is 81.7 Å². The second-order valence-corrected chi connectivity index (χ2v) is 3.31. The minimum absolute atomic E-state index is 0.170. The molecule has 1 aromatic carbocycles. The average molecular weight is 198 g/mol. The molecule has 0 saturated carbocycles. The third-order valence-electron chi connectivity index (χ3n) is 2.24. The number of alkyl halides is 2. The molecule has 0 radical (unpaired) electrons. The first kappa shape index (κ1) is 10.8. The Hall–Kier alpha value is -1.25. The molecular formula is C11H12F2O. The van der Waals surface area contributed by atoms with Crippen LogP contribution < -0.4 is 0 Å². The summed E-state index contributed by atoms with van der Waals surface area (Å²) in [6.45, 7) is 3.64. The van der Waals surface area contributed by atoms with Gasteiger partial charge in [0, 0.05) is 6.42 Å². The van der Waals surface area contributed by atoms with E-state index in [0.717, 1.165) is 16.7 Å². The fourth-order valence-electron chi connectivity index (χ4n) is 1.38. The number of halogens is 2. The highest BCUT2D eigenvalue weighted by Crippen LogP contribution is 2.15. The minimum Gasteiger partial charge on any atom is -0.293 e. The van der Waals surface area contributed by atoms with Crippen LogP contribution in [0, 0.1) is 13.8 Å². The van der Waals surface area contributed by atoms with E-state index in [0.29, 0.717) is 0 Å². The lowest BCUT2D eigenvalue weighted by Crippen LogP contribution is -2.14. The summed E-state index contributed by atoms with van der Waals surface area (Å²) in [5.41, 5.74) is 2.50. The maximum atomic E-state index is 12.0. The molecule has 0 fully saturated rings. The number of hydrogen-bond donors (Lipinski definition) is 0. The molecule has 0 saturated heterocycles. The first-order valence-electron chi connectivity index (χ1n) is 4.38. The minimum atomic E-state index is -2.87. The van der Waals surface area contributed by atoms with E-state index >= 15 is 0 Å².